The van der Waals surface area contributed by atoms with Crippen LogP contribution in [-0.2, 0) is 11.3 Å². The molecule has 1 N–H and O–H groups in total. The number of aryl methyl sites for hydroxylation is 1. The number of para-hydroxylation sites is 1. The molecule has 4 rings (SSSR count). The monoisotopic (exact) mass is 413 g/mol. The van der Waals surface area contributed by atoms with E-state index in [2.05, 4.69) is 10.3 Å². The summed E-state index contributed by atoms with van der Waals surface area (Å²) in [6.45, 7) is 3.94. The zero-order valence-corrected chi connectivity index (χ0v) is 17.3. The van der Waals surface area contributed by atoms with E-state index < -0.39 is 0 Å². The summed E-state index contributed by atoms with van der Waals surface area (Å²) >= 11 is 0. The molecule has 3 heterocycles. The largest absolute Gasteiger partial charge is 0.490 e. The molecule has 0 bridgehead atoms. The van der Waals surface area contributed by atoms with Crippen LogP contribution in [0.2, 0.25) is 0 Å². The van der Waals surface area contributed by atoms with Gasteiger partial charge in [-0.15, -0.1) is 12.4 Å². The Morgan fingerprint density at radius 3 is 3.00 bits per heavy atom. The summed E-state index contributed by atoms with van der Waals surface area (Å²) in [6.07, 6.45) is 5.97. The van der Waals surface area contributed by atoms with E-state index in [4.69, 9.17) is 9.15 Å². The van der Waals surface area contributed by atoms with E-state index in [1.54, 1.807) is 30.3 Å². The lowest BCUT2D eigenvalue weighted by molar-refractivity contribution is -0.125. The number of likely N-dealkylation sites (N-methyl/N-ethyl adjacent to an activating group) is 1. The number of pyridine rings is 1. The molecule has 152 valence electrons. The number of carbonyl (C=O) groups is 1. The standard InChI is InChI=1S/C22H23N3O3.ClH/c1-15-17-6-3-4-7-18(17)28-20(15)14-25(2)21(26)9-8-16-12-19-22(24-13-16)23-10-5-11-27-19;/h3-4,6-9,12-13H,5,10-11,14H2,1-2H3,(H,23,24);1H/b9-8+;. The minimum absolute atomic E-state index is 0. The second-order valence-electron chi connectivity index (χ2n) is 6.92. The van der Waals surface area contributed by atoms with Gasteiger partial charge >= 0.3 is 0 Å². The van der Waals surface area contributed by atoms with Crippen LogP contribution in [0.4, 0.5) is 5.82 Å². The van der Waals surface area contributed by atoms with Gasteiger partial charge in [0.2, 0.25) is 5.91 Å². The Bertz CT molecular complexity index is 1040. The van der Waals surface area contributed by atoms with Crippen molar-refractivity contribution in [2.45, 2.75) is 19.9 Å². The number of furan rings is 1. The number of halogens is 1. The number of rotatable bonds is 4. The molecule has 0 atom stereocenters. The van der Waals surface area contributed by atoms with E-state index >= 15 is 0 Å². The molecule has 2 aromatic heterocycles. The average molecular weight is 414 g/mol. The number of benzene rings is 1. The van der Waals surface area contributed by atoms with Gasteiger partial charge in [0.1, 0.15) is 11.3 Å². The molecule has 0 unspecified atom stereocenters. The van der Waals surface area contributed by atoms with Crippen molar-refractivity contribution in [3.05, 3.63) is 59.5 Å². The van der Waals surface area contributed by atoms with Crippen molar-refractivity contribution in [1.82, 2.24) is 9.88 Å². The van der Waals surface area contributed by atoms with Crippen molar-refractivity contribution in [3.63, 3.8) is 0 Å². The lowest BCUT2D eigenvalue weighted by atomic mass is 10.1. The Balaban J connectivity index is 0.00000240. The molecule has 1 aromatic carbocycles. The maximum Gasteiger partial charge on any atom is 0.246 e. The average Bonchev–Trinajstić information content (AvgIpc) is 2.88. The van der Waals surface area contributed by atoms with Gasteiger partial charge in [-0.2, -0.15) is 0 Å². The first-order valence-electron chi connectivity index (χ1n) is 9.39. The maximum atomic E-state index is 12.5. The van der Waals surface area contributed by atoms with Crippen LogP contribution in [0, 0.1) is 6.92 Å². The number of nitrogens with zero attached hydrogens (tertiary/aromatic N) is 2. The first kappa shape index (κ1) is 20.7. The number of fused-ring (bicyclic) bond motifs is 2. The number of aromatic nitrogens is 1. The number of ether oxygens (including phenoxy) is 1. The number of amides is 1. The third-order valence-electron chi connectivity index (χ3n) is 4.86. The predicted octanol–water partition coefficient (Wildman–Crippen LogP) is 4.42. The molecule has 1 aliphatic heterocycles. The lowest BCUT2D eigenvalue weighted by Crippen LogP contribution is -2.24. The van der Waals surface area contributed by atoms with E-state index in [9.17, 15) is 4.79 Å². The molecular formula is C22H24ClN3O3. The van der Waals surface area contributed by atoms with Crippen LogP contribution in [-0.4, -0.2) is 36.0 Å². The van der Waals surface area contributed by atoms with Crippen molar-refractivity contribution >= 4 is 41.2 Å². The van der Waals surface area contributed by atoms with Gasteiger partial charge in [-0.05, 0) is 37.1 Å². The number of hydrogen-bond acceptors (Lipinski definition) is 5. The normalized spacial score (nSPS) is 13.2. The molecule has 1 amide bonds. The molecule has 3 aromatic rings. The van der Waals surface area contributed by atoms with Gasteiger partial charge < -0.3 is 19.4 Å². The fraction of sp³-hybridized carbons (Fsp3) is 0.273. The van der Waals surface area contributed by atoms with E-state index in [-0.39, 0.29) is 18.3 Å². The van der Waals surface area contributed by atoms with Gasteiger partial charge in [0.15, 0.2) is 11.6 Å². The summed E-state index contributed by atoms with van der Waals surface area (Å²) in [5.74, 6) is 2.17. The molecule has 7 heteroatoms. The van der Waals surface area contributed by atoms with Crippen LogP contribution in [0.15, 0.2) is 47.0 Å². The van der Waals surface area contributed by atoms with Crippen LogP contribution in [0.5, 0.6) is 5.75 Å². The van der Waals surface area contributed by atoms with Gasteiger partial charge in [-0.3, -0.25) is 4.79 Å². The number of carbonyl (C=O) groups excluding carboxylic acids is 1. The van der Waals surface area contributed by atoms with Crippen molar-refractivity contribution in [2.24, 2.45) is 0 Å². The first-order chi connectivity index (χ1) is 13.6. The second kappa shape index (κ2) is 9.01. The van der Waals surface area contributed by atoms with Gasteiger partial charge in [0.05, 0.1) is 13.2 Å². The zero-order chi connectivity index (χ0) is 19.5. The Labute approximate surface area is 176 Å². The summed E-state index contributed by atoms with van der Waals surface area (Å²) in [5, 5.41) is 4.32. The van der Waals surface area contributed by atoms with Crippen molar-refractivity contribution in [1.29, 1.82) is 0 Å². The van der Waals surface area contributed by atoms with Crippen LogP contribution in [0.25, 0.3) is 17.0 Å². The topological polar surface area (TPSA) is 67.6 Å². The second-order valence-corrected chi connectivity index (χ2v) is 6.92. The SMILES string of the molecule is Cc1c(CN(C)C(=O)/C=C/c2cnc3c(c2)OCCCN3)oc2ccccc12.Cl. The molecule has 0 saturated carbocycles. The van der Waals surface area contributed by atoms with E-state index in [0.717, 1.165) is 52.4 Å². The Morgan fingerprint density at radius 2 is 2.17 bits per heavy atom. The lowest BCUT2D eigenvalue weighted by Gasteiger charge is -2.14. The smallest absolute Gasteiger partial charge is 0.246 e. The van der Waals surface area contributed by atoms with Crippen LogP contribution < -0.4 is 10.1 Å². The molecule has 0 fully saturated rings. The van der Waals surface area contributed by atoms with Crippen molar-refractivity contribution in [2.75, 3.05) is 25.5 Å². The molecule has 0 aliphatic carbocycles. The molecule has 0 saturated heterocycles. The molecule has 0 radical (unpaired) electrons. The summed E-state index contributed by atoms with van der Waals surface area (Å²) in [4.78, 5) is 18.5. The molecule has 1 aliphatic rings. The van der Waals surface area contributed by atoms with Gasteiger partial charge in [-0.1, -0.05) is 18.2 Å². The van der Waals surface area contributed by atoms with Gasteiger partial charge in [-0.25, -0.2) is 4.98 Å². The highest BCUT2D eigenvalue weighted by Gasteiger charge is 2.14. The van der Waals surface area contributed by atoms with E-state index in [0.29, 0.717) is 13.2 Å². The van der Waals surface area contributed by atoms with Crippen molar-refractivity contribution in [3.8, 4) is 5.75 Å². The van der Waals surface area contributed by atoms with E-state index in [1.807, 2.05) is 37.3 Å². The fourth-order valence-electron chi connectivity index (χ4n) is 3.22. The van der Waals surface area contributed by atoms with Gasteiger partial charge in [0, 0.05) is 36.8 Å². The summed E-state index contributed by atoms with van der Waals surface area (Å²) in [5.41, 5.74) is 2.74. The summed E-state index contributed by atoms with van der Waals surface area (Å²) in [6, 6.07) is 9.80. The molecular weight excluding hydrogens is 390 g/mol. The Hall–Kier alpha value is -2.99. The maximum absolute atomic E-state index is 12.5. The van der Waals surface area contributed by atoms with Crippen LogP contribution in [0.3, 0.4) is 0 Å². The third kappa shape index (κ3) is 4.54. The predicted molar refractivity (Wildman–Crippen MR) is 117 cm³/mol. The zero-order valence-electron chi connectivity index (χ0n) is 16.5. The fourth-order valence-corrected chi connectivity index (χ4v) is 3.22. The van der Waals surface area contributed by atoms with Crippen LogP contribution >= 0.6 is 12.4 Å². The van der Waals surface area contributed by atoms with Gasteiger partial charge in [0.25, 0.3) is 0 Å². The first-order valence-corrected chi connectivity index (χ1v) is 9.39. The minimum atomic E-state index is -0.103. The Morgan fingerprint density at radius 1 is 1.34 bits per heavy atom. The third-order valence-corrected chi connectivity index (χ3v) is 4.86. The molecule has 0 spiro atoms. The van der Waals surface area contributed by atoms with E-state index in [1.165, 1.54) is 0 Å². The Kier molecular flexibility index (Phi) is 6.44. The number of anilines is 1. The van der Waals surface area contributed by atoms with Crippen LogP contribution in [0.1, 0.15) is 23.3 Å². The molecule has 29 heavy (non-hydrogen) atoms. The quantitative estimate of drug-likeness (QED) is 0.641. The summed E-state index contributed by atoms with van der Waals surface area (Å²) in [7, 11) is 1.77. The highest BCUT2D eigenvalue weighted by Crippen LogP contribution is 2.27. The number of hydrogen-bond donors (Lipinski definition) is 1. The summed E-state index contributed by atoms with van der Waals surface area (Å²) < 4.78 is 11.6. The highest BCUT2D eigenvalue weighted by atomic mass is 35.5. The number of nitrogens with one attached hydrogen (secondary N) is 1. The van der Waals surface area contributed by atoms with Crippen molar-refractivity contribution < 1.29 is 13.9 Å². The minimum Gasteiger partial charge on any atom is -0.490 e. The molecule has 6 nitrogen and oxygen atoms in total. The highest BCUT2D eigenvalue weighted by molar-refractivity contribution is 5.91.